The van der Waals surface area contributed by atoms with Crippen molar-refractivity contribution in [2.45, 2.75) is 57.0 Å². The summed E-state index contributed by atoms with van der Waals surface area (Å²) in [5, 5.41) is 2.90. The number of ether oxygens (including phenoxy) is 1. The Kier molecular flexibility index (Phi) is 11.9. The third kappa shape index (κ3) is 8.75. The van der Waals surface area contributed by atoms with E-state index in [-0.39, 0.29) is 23.3 Å². The van der Waals surface area contributed by atoms with Crippen molar-refractivity contribution in [1.82, 2.24) is 10.2 Å². The van der Waals surface area contributed by atoms with Crippen LogP contribution in [-0.2, 0) is 26.2 Å². The van der Waals surface area contributed by atoms with Gasteiger partial charge in [-0.15, -0.1) is 11.8 Å². The Morgan fingerprint density at radius 3 is 2.21 bits per heavy atom. The molecule has 0 aliphatic rings. The molecule has 42 heavy (non-hydrogen) atoms. The lowest BCUT2D eigenvalue weighted by Gasteiger charge is -2.32. The highest BCUT2D eigenvalue weighted by atomic mass is 32.2. The zero-order chi connectivity index (χ0) is 30.9. The van der Waals surface area contributed by atoms with E-state index in [4.69, 9.17) is 4.74 Å². The van der Waals surface area contributed by atoms with Crippen LogP contribution < -0.4 is 14.4 Å². The summed E-state index contributed by atoms with van der Waals surface area (Å²) in [6.45, 7) is 10.1. The molecule has 0 fully saturated rings. The van der Waals surface area contributed by atoms with Crippen LogP contribution in [0, 0.1) is 12.8 Å². The molecule has 226 valence electrons. The minimum atomic E-state index is -4.14. The van der Waals surface area contributed by atoms with Crippen LogP contribution in [0.15, 0.2) is 82.6 Å². The summed E-state index contributed by atoms with van der Waals surface area (Å²) in [5.74, 6) is 0.0281. The Morgan fingerprint density at radius 2 is 1.64 bits per heavy atom. The summed E-state index contributed by atoms with van der Waals surface area (Å²) in [7, 11) is -4.14. The average Bonchev–Trinajstić information content (AvgIpc) is 2.97. The third-order valence-electron chi connectivity index (χ3n) is 6.65. The SMILES string of the molecule is CCOc1ccc(N(CC(=O)N(Cc2cccc(C)c2)[C@H](C)C(=O)NCC(C)C)S(=O)(=O)c2ccc(SC)cc2)cc1. The summed E-state index contributed by atoms with van der Waals surface area (Å²) in [4.78, 5) is 29.6. The van der Waals surface area contributed by atoms with Gasteiger partial charge in [-0.25, -0.2) is 8.42 Å². The lowest BCUT2D eigenvalue weighted by Crippen LogP contribution is -2.51. The number of anilines is 1. The number of hydrogen-bond donors (Lipinski definition) is 1. The monoisotopic (exact) mass is 611 g/mol. The van der Waals surface area contributed by atoms with Gasteiger partial charge in [-0.3, -0.25) is 13.9 Å². The molecule has 8 nitrogen and oxygen atoms in total. The van der Waals surface area contributed by atoms with Gasteiger partial charge in [0.25, 0.3) is 10.0 Å². The Morgan fingerprint density at radius 1 is 0.976 bits per heavy atom. The number of carbonyl (C=O) groups excluding carboxylic acids is 2. The van der Waals surface area contributed by atoms with E-state index in [1.807, 2.05) is 58.2 Å². The summed E-state index contributed by atoms with van der Waals surface area (Å²) in [5.41, 5.74) is 2.17. The largest absolute Gasteiger partial charge is 0.494 e. The zero-order valence-corrected chi connectivity index (χ0v) is 26.8. The van der Waals surface area contributed by atoms with Crippen molar-refractivity contribution in [2.75, 3.05) is 30.3 Å². The average molecular weight is 612 g/mol. The number of rotatable bonds is 14. The molecule has 0 spiro atoms. The summed E-state index contributed by atoms with van der Waals surface area (Å²) in [6.07, 6.45) is 1.91. The molecule has 0 saturated heterocycles. The van der Waals surface area contributed by atoms with E-state index < -0.39 is 28.5 Å². The van der Waals surface area contributed by atoms with Crippen molar-refractivity contribution in [1.29, 1.82) is 0 Å². The molecule has 1 atom stereocenters. The molecule has 0 unspecified atom stereocenters. The fourth-order valence-corrected chi connectivity index (χ4v) is 6.14. The van der Waals surface area contributed by atoms with Crippen molar-refractivity contribution >= 4 is 39.3 Å². The highest BCUT2D eigenvalue weighted by Crippen LogP contribution is 2.28. The number of aryl methyl sites for hydroxylation is 1. The topological polar surface area (TPSA) is 96.0 Å². The van der Waals surface area contributed by atoms with Crippen molar-refractivity contribution < 1.29 is 22.7 Å². The van der Waals surface area contributed by atoms with Crippen molar-refractivity contribution in [3.05, 3.63) is 83.9 Å². The molecule has 3 rings (SSSR count). The molecule has 3 aromatic rings. The second-order valence-corrected chi connectivity index (χ2v) is 13.2. The molecule has 2 amide bonds. The molecule has 0 heterocycles. The van der Waals surface area contributed by atoms with Gasteiger partial charge in [-0.05, 0) is 87.0 Å². The van der Waals surface area contributed by atoms with Crippen LogP contribution in [-0.4, -0.2) is 57.1 Å². The van der Waals surface area contributed by atoms with Crippen LogP contribution in [0.5, 0.6) is 5.75 Å². The molecular weight excluding hydrogens is 571 g/mol. The van der Waals surface area contributed by atoms with E-state index >= 15 is 0 Å². The van der Waals surface area contributed by atoms with Crippen molar-refractivity contribution in [3.8, 4) is 5.75 Å². The summed E-state index contributed by atoms with van der Waals surface area (Å²) in [6, 6.07) is 20.0. The number of nitrogens with zero attached hydrogens (tertiary/aromatic N) is 2. The van der Waals surface area contributed by atoms with Crippen LogP contribution in [0.25, 0.3) is 0 Å². The van der Waals surface area contributed by atoms with Crippen molar-refractivity contribution in [3.63, 3.8) is 0 Å². The smallest absolute Gasteiger partial charge is 0.264 e. The highest BCUT2D eigenvalue weighted by molar-refractivity contribution is 7.98. The van der Waals surface area contributed by atoms with Crippen LogP contribution in [0.1, 0.15) is 38.8 Å². The van der Waals surface area contributed by atoms with E-state index in [1.165, 1.54) is 16.7 Å². The van der Waals surface area contributed by atoms with Crippen LogP contribution in [0.3, 0.4) is 0 Å². The molecule has 0 bridgehead atoms. The maximum absolute atomic E-state index is 14.1. The van der Waals surface area contributed by atoms with Crippen LogP contribution in [0.4, 0.5) is 5.69 Å². The Labute approximate surface area is 254 Å². The maximum atomic E-state index is 14.1. The summed E-state index contributed by atoms with van der Waals surface area (Å²) >= 11 is 1.51. The first-order chi connectivity index (χ1) is 20.0. The predicted molar refractivity (Wildman–Crippen MR) is 169 cm³/mol. The molecule has 0 radical (unpaired) electrons. The van der Waals surface area contributed by atoms with E-state index in [0.29, 0.717) is 24.6 Å². The van der Waals surface area contributed by atoms with E-state index in [9.17, 15) is 18.0 Å². The lowest BCUT2D eigenvalue weighted by atomic mass is 10.1. The van der Waals surface area contributed by atoms with Crippen LogP contribution >= 0.6 is 11.8 Å². The van der Waals surface area contributed by atoms with Gasteiger partial charge in [-0.1, -0.05) is 43.7 Å². The normalized spacial score (nSPS) is 12.1. The first-order valence-electron chi connectivity index (χ1n) is 14.0. The molecule has 0 saturated carbocycles. The third-order valence-corrected chi connectivity index (χ3v) is 9.18. The number of sulfonamides is 1. The quantitative estimate of drug-likeness (QED) is 0.242. The lowest BCUT2D eigenvalue weighted by molar-refractivity contribution is -0.139. The number of amides is 2. The second-order valence-electron chi connectivity index (χ2n) is 10.4. The van der Waals surface area contributed by atoms with E-state index in [0.717, 1.165) is 20.3 Å². The zero-order valence-electron chi connectivity index (χ0n) is 25.2. The van der Waals surface area contributed by atoms with E-state index in [1.54, 1.807) is 55.5 Å². The predicted octanol–water partition coefficient (Wildman–Crippen LogP) is 5.50. The molecule has 0 aliphatic carbocycles. The molecular formula is C32H41N3O5S2. The van der Waals surface area contributed by atoms with Crippen molar-refractivity contribution in [2.24, 2.45) is 5.92 Å². The van der Waals surface area contributed by atoms with E-state index in [2.05, 4.69) is 5.32 Å². The maximum Gasteiger partial charge on any atom is 0.264 e. The fourth-order valence-electron chi connectivity index (χ4n) is 4.32. The van der Waals surface area contributed by atoms with Gasteiger partial charge >= 0.3 is 0 Å². The molecule has 0 aromatic heterocycles. The van der Waals surface area contributed by atoms with Gasteiger partial charge in [0.1, 0.15) is 18.3 Å². The van der Waals surface area contributed by atoms with Gasteiger partial charge in [0, 0.05) is 18.0 Å². The minimum Gasteiger partial charge on any atom is -0.494 e. The first kappa shape index (κ1) is 33.0. The summed E-state index contributed by atoms with van der Waals surface area (Å²) < 4.78 is 34.7. The van der Waals surface area contributed by atoms with Crippen LogP contribution in [0.2, 0.25) is 0 Å². The molecule has 3 aromatic carbocycles. The van der Waals surface area contributed by atoms with Gasteiger partial charge in [-0.2, -0.15) is 0 Å². The minimum absolute atomic E-state index is 0.0648. The van der Waals surface area contributed by atoms with Gasteiger partial charge in [0.05, 0.1) is 17.2 Å². The standard InChI is InChI=1S/C32H41N3O5S2/c1-7-40-28-13-11-27(12-14-28)35(42(38,39)30-17-15-29(41-6)16-18-30)22-31(36)34(21-26-10-8-9-24(4)19-26)25(5)32(37)33-20-23(2)3/h8-19,23,25H,7,20-22H2,1-6H3,(H,33,37)/t25-/m1/s1. The second kappa shape index (κ2) is 15.1. The molecule has 10 heteroatoms. The van der Waals surface area contributed by atoms with Gasteiger partial charge in [0.15, 0.2) is 0 Å². The fraction of sp³-hybridized carbons (Fsp3) is 0.375. The molecule has 0 aliphatic heterocycles. The number of carbonyl (C=O) groups is 2. The first-order valence-corrected chi connectivity index (χ1v) is 16.6. The number of hydrogen-bond acceptors (Lipinski definition) is 6. The molecule has 1 N–H and O–H groups in total. The van der Waals surface area contributed by atoms with Gasteiger partial charge in [0.2, 0.25) is 11.8 Å². The Bertz CT molecular complexity index is 1440. The Hall–Kier alpha value is -3.50. The number of benzene rings is 3. The number of thioether (sulfide) groups is 1. The highest BCUT2D eigenvalue weighted by Gasteiger charge is 2.32. The Balaban J connectivity index is 2.02. The number of nitrogens with one attached hydrogen (secondary N) is 1. The van der Waals surface area contributed by atoms with Gasteiger partial charge < -0.3 is 15.0 Å².